The van der Waals surface area contributed by atoms with Crippen molar-refractivity contribution >= 4 is 34.1 Å². The molecule has 7 heteroatoms. The van der Waals surface area contributed by atoms with Gasteiger partial charge in [0.05, 0.1) is 5.56 Å². The minimum Gasteiger partial charge on any atom is -0.421 e. The highest BCUT2D eigenvalue weighted by atomic mass is 35.5. The van der Waals surface area contributed by atoms with Crippen LogP contribution in [0, 0.1) is 6.92 Å². The number of carbonyl (C=O) groups is 1. The van der Waals surface area contributed by atoms with Gasteiger partial charge >= 0.3 is 0 Å². The van der Waals surface area contributed by atoms with Gasteiger partial charge in [0.25, 0.3) is 0 Å². The molecule has 2 aromatic carbocycles. The number of hydrogen-bond acceptors (Lipinski definition) is 4. The summed E-state index contributed by atoms with van der Waals surface area (Å²) in [4.78, 5) is 12.6. The zero-order chi connectivity index (χ0) is 19.7. The smallest absolute Gasteiger partial charge is 0.249 e. The maximum absolute atomic E-state index is 12.6. The SMILES string of the molecule is CCc1nnc(-c2cn(CC(=O)Nc3ccc(C)c(Cl)c3)c3ccccc23)o1. The molecule has 4 aromatic rings. The van der Waals surface area contributed by atoms with Gasteiger partial charge in [0.15, 0.2) is 0 Å². The van der Waals surface area contributed by atoms with E-state index in [1.807, 2.05) is 61.0 Å². The van der Waals surface area contributed by atoms with Crippen LogP contribution in [-0.4, -0.2) is 20.7 Å². The molecule has 0 aliphatic heterocycles. The van der Waals surface area contributed by atoms with Crippen LogP contribution in [0.1, 0.15) is 18.4 Å². The number of rotatable bonds is 5. The van der Waals surface area contributed by atoms with Crippen molar-refractivity contribution in [3.63, 3.8) is 0 Å². The average Bonchev–Trinajstić information content (AvgIpc) is 3.30. The van der Waals surface area contributed by atoms with E-state index in [1.54, 1.807) is 6.07 Å². The van der Waals surface area contributed by atoms with Gasteiger partial charge in [-0.1, -0.05) is 42.8 Å². The van der Waals surface area contributed by atoms with Gasteiger partial charge in [-0.3, -0.25) is 4.79 Å². The topological polar surface area (TPSA) is 73.0 Å². The average molecular weight is 395 g/mol. The maximum Gasteiger partial charge on any atom is 0.249 e. The molecule has 142 valence electrons. The Hall–Kier alpha value is -3.12. The van der Waals surface area contributed by atoms with Gasteiger partial charge in [0, 0.05) is 34.2 Å². The summed E-state index contributed by atoms with van der Waals surface area (Å²) in [6.45, 7) is 4.03. The second kappa shape index (κ2) is 7.48. The van der Waals surface area contributed by atoms with Gasteiger partial charge in [-0.15, -0.1) is 10.2 Å². The van der Waals surface area contributed by atoms with Crippen LogP contribution in [0.25, 0.3) is 22.4 Å². The number of aromatic nitrogens is 3. The van der Waals surface area contributed by atoms with E-state index in [9.17, 15) is 4.79 Å². The number of hydrogen-bond donors (Lipinski definition) is 1. The van der Waals surface area contributed by atoms with Crippen molar-refractivity contribution in [2.45, 2.75) is 26.8 Å². The number of anilines is 1. The van der Waals surface area contributed by atoms with E-state index in [4.69, 9.17) is 16.0 Å². The van der Waals surface area contributed by atoms with E-state index in [0.717, 1.165) is 22.0 Å². The minimum atomic E-state index is -0.146. The summed E-state index contributed by atoms with van der Waals surface area (Å²) in [5, 5.41) is 12.7. The van der Waals surface area contributed by atoms with Crippen LogP contribution in [0.15, 0.2) is 53.1 Å². The second-order valence-corrected chi connectivity index (χ2v) is 6.96. The van der Waals surface area contributed by atoms with E-state index < -0.39 is 0 Å². The largest absolute Gasteiger partial charge is 0.421 e. The molecule has 1 N–H and O–H groups in total. The number of para-hydroxylation sites is 1. The fourth-order valence-electron chi connectivity index (χ4n) is 3.08. The van der Waals surface area contributed by atoms with Crippen molar-refractivity contribution in [1.82, 2.24) is 14.8 Å². The molecule has 0 atom stereocenters. The summed E-state index contributed by atoms with van der Waals surface area (Å²) < 4.78 is 7.60. The Bertz CT molecular complexity index is 1160. The Labute approximate surface area is 167 Å². The lowest BCUT2D eigenvalue weighted by molar-refractivity contribution is -0.116. The first kappa shape index (κ1) is 18.3. The van der Waals surface area contributed by atoms with E-state index in [0.29, 0.717) is 28.9 Å². The van der Waals surface area contributed by atoms with Crippen LogP contribution in [0.5, 0.6) is 0 Å². The van der Waals surface area contributed by atoms with Crippen LogP contribution in [0.3, 0.4) is 0 Å². The number of benzene rings is 2. The first-order chi connectivity index (χ1) is 13.5. The first-order valence-electron chi connectivity index (χ1n) is 9.01. The summed E-state index contributed by atoms with van der Waals surface area (Å²) in [5.74, 6) is 0.894. The molecule has 6 nitrogen and oxygen atoms in total. The first-order valence-corrected chi connectivity index (χ1v) is 9.39. The highest BCUT2D eigenvalue weighted by Gasteiger charge is 2.17. The highest BCUT2D eigenvalue weighted by molar-refractivity contribution is 6.31. The van der Waals surface area contributed by atoms with Crippen molar-refractivity contribution in [3.8, 4) is 11.5 Å². The lowest BCUT2D eigenvalue weighted by Crippen LogP contribution is -2.18. The molecule has 0 fully saturated rings. The molecule has 0 aliphatic rings. The Morgan fingerprint density at radius 3 is 2.79 bits per heavy atom. The Balaban J connectivity index is 1.63. The summed E-state index contributed by atoms with van der Waals surface area (Å²) in [5.41, 5.74) is 3.37. The van der Waals surface area contributed by atoms with E-state index >= 15 is 0 Å². The van der Waals surface area contributed by atoms with Crippen LogP contribution >= 0.6 is 11.6 Å². The predicted octanol–water partition coefficient (Wildman–Crippen LogP) is 4.85. The molecule has 0 saturated heterocycles. The molecule has 0 radical (unpaired) electrons. The third-order valence-electron chi connectivity index (χ3n) is 4.56. The molecule has 2 aromatic heterocycles. The molecular formula is C21H19ClN4O2. The van der Waals surface area contributed by atoms with Crippen molar-refractivity contribution < 1.29 is 9.21 Å². The van der Waals surface area contributed by atoms with Gasteiger partial charge in [0.2, 0.25) is 17.7 Å². The van der Waals surface area contributed by atoms with Crippen molar-refractivity contribution in [3.05, 3.63) is 65.1 Å². The molecule has 0 aliphatic carbocycles. The van der Waals surface area contributed by atoms with Crippen LogP contribution in [0.4, 0.5) is 5.69 Å². The lowest BCUT2D eigenvalue weighted by Gasteiger charge is -2.08. The maximum atomic E-state index is 12.6. The fourth-order valence-corrected chi connectivity index (χ4v) is 3.26. The van der Waals surface area contributed by atoms with E-state index in [1.165, 1.54) is 0 Å². The van der Waals surface area contributed by atoms with E-state index in [2.05, 4.69) is 15.5 Å². The number of nitrogens with zero attached hydrogens (tertiary/aromatic N) is 3. The molecule has 0 spiro atoms. The van der Waals surface area contributed by atoms with Crippen LogP contribution < -0.4 is 5.32 Å². The third-order valence-corrected chi connectivity index (χ3v) is 4.97. The summed E-state index contributed by atoms with van der Waals surface area (Å²) in [6, 6.07) is 13.3. The normalized spacial score (nSPS) is 11.1. The molecule has 28 heavy (non-hydrogen) atoms. The zero-order valence-electron chi connectivity index (χ0n) is 15.6. The highest BCUT2D eigenvalue weighted by Crippen LogP contribution is 2.30. The van der Waals surface area contributed by atoms with Crippen molar-refractivity contribution in [1.29, 1.82) is 0 Å². The van der Waals surface area contributed by atoms with Crippen molar-refractivity contribution in [2.24, 2.45) is 0 Å². The lowest BCUT2D eigenvalue weighted by atomic mass is 10.2. The Kier molecular flexibility index (Phi) is 4.88. The standard InChI is InChI=1S/C21H19ClN4O2/c1-3-20-24-25-21(28-20)16-11-26(18-7-5-4-6-15(16)18)12-19(27)23-14-9-8-13(2)17(22)10-14/h4-11H,3,12H2,1-2H3,(H,23,27). The monoisotopic (exact) mass is 394 g/mol. The number of aryl methyl sites for hydroxylation is 2. The molecule has 0 saturated carbocycles. The van der Waals surface area contributed by atoms with Crippen LogP contribution in [0.2, 0.25) is 5.02 Å². The summed E-state index contributed by atoms with van der Waals surface area (Å²) in [6.07, 6.45) is 2.55. The number of fused-ring (bicyclic) bond motifs is 1. The third kappa shape index (κ3) is 3.51. The summed E-state index contributed by atoms with van der Waals surface area (Å²) >= 11 is 6.14. The summed E-state index contributed by atoms with van der Waals surface area (Å²) in [7, 11) is 0. The quantitative estimate of drug-likeness (QED) is 0.525. The number of amides is 1. The number of halogens is 1. The molecule has 0 bridgehead atoms. The Morgan fingerprint density at radius 2 is 2.04 bits per heavy atom. The van der Waals surface area contributed by atoms with Gasteiger partial charge < -0.3 is 14.3 Å². The van der Waals surface area contributed by atoms with Gasteiger partial charge in [0.1, 0.15) is 6.54 Å². The van der Waals surface area contributed by atoms with Crippen molar-refractivity contribution in [2.75, 3.05) is 5.32 Å². The second-order valence-electron chi connectivity index (χ2n) is 6.55. The molecule has 2 heterocycles. The van der Waals surface area contributed by atoms with Gasteiger partial charge in [-0.05, 0) is 30.7 Å². The predicted molar refractivity (Wildman–Crippen MR) is 109 cm³/mol. The minimum absolute atomic E-state index is 0.146. The molecule has 4 rings (SSSR count). The zero-order valence-corrected chi connectivity index (χ0v) is 16.3. The van der Waals surface area contributed by atoms with Crippen LogP contribution in [-0.2, 0) is 17.8 Å². The van der Waals surface area contributed by atoms with Gasteiger partial charge in [-0.25, -0.2) is 0 Å². The van der Waals surface area contributed by atoms with Gasteiger partial charge in [-0.2, -0.15) is 0 Å². The molecular weight excluding hydrogens is 376 g/mol. The number of carbonyl (C=O) groups excluding carboxylic acids is 1. The molecule has 1 amide bonds. The Morgan fingerprint density at radius 1 is 1.21 bits per heavy atom. The number of nitrogens with one attached hydrogen (secondary N) is 1. The molecule has 0 unspecified atom stereocenters. The van der Waals surface area contributed by atoms with E-state index in [-0.39, 0.29) is 12.5 Å². The fraction of sp³-hybridized carbons (Fsp3) is 0.190.